The van der Waals surface area contributed by atoms with Crippen LogP contribution in [0.15, 0.2) is 109 Å². The Bertz CT molecular complexity index is 2410. The molecular weight excluding hydrogens is 1390 g/mol. The van der Waals surface area contributed by atoms with Gasteiger partial charge in [-0.05, 0) is 83.5 Å². The lowest BCUT2D eigenvalue weighted by atomic mass is 9.96. The van der Waals surface area contributed by atoms with Gasteiger partial charge in [0.05, 0.1) is 38.6 Å². The Balaban J connectivity index is 1.34. The van der Waals surface area contributed by atoms with Gasteiger partial charge >= 0.3 is 0 Å². The summed E-state index contributed by atoms with van der Waals surface area (Å²) in [5.74, 6) is -0.249. The van der Waals surface area contributed by atoms with E-state index in [1.807, 2.05) is 0 Å². The van der Waals surface area contributed by atoms with Crippen LogP contribution in [0.3, 0.4) is 0 Å². The lowest BCUT2D eigenvalue weighted by Crippen LogP contribution is -2.66. The number of ether oxygens (including phenoxy) is 6. The molecule has 19 heteroatoms. The van der Waals surface area contributed by atoms with Crippen molar-refractivity contribution in [3.8, 4) is 0 Å². The number of carbonyl (C=O) groups excluding carboxylic acids is 1. The summed E-state index contributed by atoms with van der Waals surface area (Å²) < 4.78 is 34.6. The van der Waals surface area contributed by atoms with Crippen molar-refractivity contribution in [3.05, 3.63) is 109 Å². The fraction of sp³-hybridized carbons (Fsp3) is 0.791. The predicted octanol–water partition coefficient (Wildman–Crippen LogP) is 16.5. The fourth-order valence-corrected chi connectivity index (χ4v) is 14.4. The first kappa shape index (κ1) is 101. The third-order valence-corrected chi connectivity index (χ3v) is 21.4. The summed E-state index contributed by atoms with van der Waals surface area (Å²) in [6.07, 6.45) is 70.3. The molecule has 0 aliphatic carbocycles. The van der Waals surface area contributed by atoms with E-state index in [2.05, 4.69) is 129 Å². The van der Waals surface area contributed by atoms with Gasteiger partial charge in [-0.1, -0.05) is 348 Å². The fourth-order valence-electron chi connectivity index (χ4n) is 14.4. The minimum atomic E-state index is -1.98. The first-order chi connectivity index (χ1) is 53.8. The maximum atomic E-state index is 13.5. The molecule has 0 radical (unpaired) electrons. The lowest BCUT2D eigenvalue weighted by molar-refractivity contribution is -0.379. The van der Waals surface area contributed by atoms with Gasteiger partial charge in [-0.3, -0.25) is 4.79 Å². The van der Waals surface area contributed by atoms with E-state index in [9.17, 15) is 61.0 Å². The van der Waals surface area contributed by atoms with Crippen molar-refractivity contribution in [1.82, 2.24) is 5.32 Å². The second-order valence-electron chi connectivity index (χ2n) is 31.0. The predicted molar refractivity (Wildman–Crippen MR) is 443 cm³/mol. The standard InChI is InChI=1S/C91H159NO18/c1-3-5-7-9-11-13-15-17-19-21-23-25-27-29-31-33-34-35-36-37-38-39-40-41-43-45-47-49-51-53-55-57-59-61-63-65-67-69-79(97)92-74(75(96)68-66-64-62-60-58-56-54-52-50-48-46-44-42-32-30-28-26-24-22-20-18-16-14-12-10-8-6-4-2)73-105-89-85(103)82(100)87(77(71-94)107-89)110-91-86(104)83(101)88(78(72-95)108-91)109-90-84(102)81(99)80(98)76(70-93)106-90/h5,7,11,13,17,19,23,25,29,31,34-35,37-38,40-41,45,47,74-78,80-91,93-96,98-104H,3-4,6,8-10,12,14-16,18,20-22,24,26-28,30,32-33,36,39,42-44,46,48-73H2,1-2H3,(H,92,97)/b7-5-,13-11-,19-17-,25-23-,31-29-,35-34-,38-37-,41-40-,47-45-. The number of hydrogen-bond acceptors (Lipinski definition) is 18. The van der Waals surface area contributed by atoms with Crippen LogP contribution in [0.25, 0.3) is 0 Å². The van der Waals surface area contributed by atoms with Crippen molar-refractivity contribution in [2.75, 3.05) is 26.4 Å². The molecule has 3 fully saturated rings. The Hall–Kier alpha value is -3.55. The Morgan fingerprint density at radius 2 is 0.627 bits per heavy atom. The van der Waals surface area contributed by atoms with Crippen LogP contribution in [0.2, 0.25) is 0 Å². The Kier molecular flexibility index (Phi) is 63.8. The monoisotopic (exact) mass is 1550 g/mol. The van der Waals surface area contributed by atoms with Gasteiger partial charge in [-0.25, -0.2) is 0 Å². The molecule has 3 aliphatic rings. The highest BCUT2D eigenvalue weighted by molar-refractivity contribution is 5.76. The van der Waals surface area contributed by atoms with Crippen molar-refractivity contribution in [3.63, 3.8) is 0 Å². The summed E-state index contributed by atoms with van der Waals surface area (Å²) in [6.45, 7) is 1.72. The molecule has 0 bridgehead atoms. The number of aliphatic hydroxyl groups is 11. The molecular formula is C91H159NO18. The van der Waals surface area contributed by atoms with Gasteiger partial charge in [0.15, 0.2) is 18.9 Å². The number of amides is 1. The molecule has 3 rings (SSSR count). The summed E-state index contributed by atoms with van der Waals surface area (Å²) in [4.78, 5) is 13.5. The largest absolute Gasteiger partial charge is 0.394 e. The molecule has 0 aromatic heterocycles. The van der Waals surface area contributed by atoms with Crippen molar-refractivity contribution in [1.29, 1.82) is 0 Å². The normalized spacial score (nSPS) is 25.7. The second-order valence-corrected chi connectivity index (χ2v) is 31.0. The van der Waals surface area contributed by atoms with Crippen molar-refractivity contribution in [2.24, 2.45) is 0 Å². The first-order valence-electron chi connectivity index (χ1n) is 44.1. The topological polar surface area (TPSA) is 307 Å². The maximum Gasteiger partial charge on any atom is 0.220 e. The average Bonchev–Trinajstić information content (AvgIpc) is 0.784. The summed E-state index contributed by atoms with van der Waals surface area (Å²) in [7, 11) is 0. The minimum Gasteiger partial charge on any atom is -0.394 e. The van der Waals surface area contributed by atoms with Crippen molar-refractivity contribution in [2.45, 2.75) is 433 Å². The van der Waals surface area contributed by atoms with E-state index in [0.29, 0.717) is 12.8 Å². The van der Waals surface area contributed by atoms with E-state index in [1.54, 1.807) is 0 Å². The molecule has 3 saturated heterocycles. The van der Waals surface area contributed by atoms with Gasteiger partial charge in [0.1, 0.15) is 73.2 Å². The van der Waals surface area contributed by atoms with Crippen LogP contribution in [0.1, 0.15) is 328 Å². The van der Waals surface area contributed by atoms with Crippen LogP contribution >= 0.6 is 0 Å². The smallest absolute Gasteiger partial charge is 0.220 e. The molecule has 17 unspecified atom stereocenters. The summed E-state index contributed by atoms with van der Waals surface area (Å²) in [5.41, 5.74) is 0. The molecule has 0 saturated carbocycles. The lowest BCUT2D eigenvalue weighted by Gasteiger charge is -2.48. The van der Waals surface area contributed by atoms with E-state index in [1.165, 1.54) is 180 Å². The van der Waals surface area contributed by atoms with Crippen LogP contribution in [0.4, 0.5) is 0 Å². The SMILES string of the molecule is CC/C=C\C/C=C\C/C=C\C/C=C\C/C=C\C/C=C\C/C=C\C/C=C\C/C=C\CCCCCCCCCCCC(=O)NC(COC1OC(CO)C(OC2OC(CO)C(OC3OC(CO)C(O)C(O)C3O)C(O)C2O)C(O)C1O)C(O)CCCCCCCCCCCCCCCCCCCCCCCCCCCCCC. The summed E-state index contributed by atoms with van der Waals surface area (Å²) in [5, 5.41) is 121. The van der Waals surface area contributed by atoms with Crippen LogP contribution in [0, 0.1) is 0 Å². The molecule has 19 nitrogen and oxygen atoms in total. The average molecular weight is 1560 g/mol. The molecule has 12 N–H and O–H groups in total. The van der Waals surface area contributed by atoms with Crippen LogP contribution < -0.4 is 5.32 Å². The maximum absolute atomic E-state index is 13.5. The quantitative estimate of drug-likeness (QED) is 0.0199. The van der Waals surface area contributed by atoms with Gasteiger partial charge < -0.3 is 89.9 Å². The van der Waals surface area contributed by atoms with E-state index < -0.39 is 124 Å². The van der Waals surface area contributed by atoms with E-state index >= 15 is 0 Å². The van der Waals surface area contributed by atoms with Crippen LogP contribution in [-0.2, 0) is 33.2 Å². The molecule has 0 aromatic carbocycles. The molecule has 3 heterocycles. The third kappa shape index (κ3) is 48.1. The number of carbonyl (C=O) groups is 1. The van der Waals surface area contributed by atoms with Crippen molar-refractivity contribution >= 4 is 5.91 Å². The van der Waals surface area contributed by atoms with Crippen molar-refractivity contribution < 1.29 is 89.4 Å². The zero-order valence-corrected chi connectivity index (χ0v) is 68.5. The number of aliphatic hydroxyl groups excluding tert-OH is 11. The number of nitrogens with one attached hydrogen (secondary N) is 1. The Morgan fingerprint density at radius 3 is 0.982 bits per heavy atom. The van der Waals surface area contributed by atoms with Gasteiger partial charge in [-0.15, -0.1) is 0 Å². The Morgan fingerprint density at radius 1 is 0.336 bits per heavy atom. The zero-order valence-electron chi connectivity index (χ0n) is 68.5. The van der Waals surface area contributed by atoms with Crippen LogP contribution in [-0.4, -0.2) is 193 Å². The molecule has 1 amide bonds. The molecule has 0 aromatic rings. The van der Waals surface area contributed by atoms with Gasteiger partial charge in [0.2, 0.25) is 5.91 Å². The summed E-state index contributed by atoms with van der Waals surface area (Å²) in [6, 6.07) is -0.900. The van der Waals surface area contributed by atoms with Gasteiger partial charge in [0, 0.05) is 6.42 Å². The number of unbranched alkanes of at least 4 members (excludes halogenated alkanes) is 36. The first-order valence-corrected chi connectivity index (χ1v) is 44.1. The molecule has 636 valence electrons. The highest BCUT2D eigenvalue weighted by Crippen LogP contribution is 2.33. The minimum absolute atomic E-state index is 0.249. The highest BCUT2D eigenvalue weighted by atomic mass is 16.8. The van der Waals surface area contributed by atoms with E-state index in [-0.39, 0.29) is 18.9 Å². The second kappa shape index (κ2) is 69.7. The Labute approximate surface area is 665 Å². The number of allylic oxidation sites excluding steroid dienone is 18. The third-order valence-electron chi connectivity index (χ3n) is 21.4. The number of rotatable bonds is 70. The van der Waals surface area contributed by atoms with Gasteiger partial charge in [0.25, 0.3) is 0 Å². The van der Waals surface area contributed by atoms with Crippen LogP contribution in [0.5, 0.6) is 0 Å². The summed E-state index contributed by atoms with van der Waals surface area (Å²) >= 11 is 0. The molecule has 3 aliphatic heterocycles. The zero-order chi connectivity index (χ0) is 79.5. The number of hydrogen-bond donors (Lipinski definition) is 12. The molecule has 17 atom stereocenters. The van der Waals surface area contributed by atoms with E-state index in [4.69, 9.17) is 28.4 Å². The molecule has 110 heavy (non-hydrogen) atoms. The highest BCUT2D eigenvalue weighted by Gasteiger charge is 2.54. The molecule has 0 spiro atoms. The van der Waals surface area contributed by atoms with Gasteiger partial charge in [-0.2, -0.15) is 0 Å². The van der Waals surface area contributed by atoms with E-state index in [0.717, 1.165) is 116 Å².